The molecule has 0 aliphatic heterocycles. The highest BCUT2D eigenvalue weighted by atomic mass is 16.6. The van der Waals surface area contributed by atoms with E-state index >= 15 is 0 Å². The molecule has 0 amide bonds. The molecule has 1 aromatic carbocycles. The monoisotopic (exact) mass is 296 g/mol. The lowest BCUT2D eigenvalue weighted by molar-refractivity contribution is -0.385. The van der Waals surface area contributed by atoms with Crippen molar-refractivity contribution in [1.82, 2.24) is 4.90 Å². The van der Waals surface area contributed by atoms with Crippen LogP contribution in [0.1, 0.15) is 18.9 Å². The molecule has 0 aliphatic rings. The molecule has 116 valence electrons. The average molecular weight is 296 g/mol. The van der Waals surface area contributed by atoms with Gasteiger partial charge in [-0.25, -0.2) is 0 Å². The molecule has 7 heteroatoms. The molecule has 21 heavy (non-hydrogen) atoms. The van der Waals surface area contributed by atoms with E-state index in [4.69, 9.17) is 4.74 Å². The number of esters is 1. The SMILES string of the molecule is CCCN(CC(=O)OC)Cc1ccc(OC)c([N+](=O)[O-])c1. The van der Waals surface area contributed by atoms with Crippen molar-refractivity contribution >= 4 is 11.7 Å². The van der Waals surface area contributed by atoms with Gasteiger partial charge in [-0.1, -0.05) is 13.0 Å². The van der Waals surface area contributed by atoms with Crippen molar-refractivity contribution in [3.63, 3.8) is 0 Å². The molecule has 0 unspecified atom stereocenters. The smallest absolute Gasteiger partial charge is 0.319 e. The summed E-state index contributed by atoms with van der Waals surface area (Å²) in [4.78, 5) is 23.8. The molecule has 0 spiro atoms. The number of ether oxygens (including phenoxy) is 2. The highest BCUT2D eigenvalue weighted by Crippen LogP contribution is 2.28. The van der Waals surface area contributed by atoms with E-state index in [0.29, 0.717) is 13.1 Å². The molecule has 0 aliphatic carbocycles. The first-order chi connectivity index (χ1) is 10.0. The minimum atomic E-state index is -0.479. The Hall–Kier alpha value is -2.15. The first-order valence-electron chi connectivity index (χ1n) is 6.62. The number of nitro benzene ring substituents is 1. The van der Waals surface area contributed by atoms with Crippen LogP contribution in [0.25, 0.3) is 0 Å². The van der Waals surface area contributed by atoms with Gasteiger partial charge in [0, 0.05) is 12.6 Å². The molecule has 0 atom stereocenters. The van der Waals surface area contributed by atoms with E-state index in [9.17, 15) is 14.9 Å². The Morgan fingerprint density at radius 2 is 2.10 bits per heavy atom. The van der Waals surface area contributed by atoms with E-state index in [1.54, 1.807) is 12.1 Å². The summed E-state index contributed by atoms with van der Waals surface area (Å²) in [5.74, 6) is -0.106. The van der Waals surface area contributed by atoms with Gasteiger partial charge in [-0.15, -0.1) is 0 Å². The number of hydrogen-bond acceptors (Lipinski definition) is 6. The number of benzene rings is 1. The number of hydrogen-bond donors (Lipinski definition) is 0. The molecule has 0 bridgehead atoms. The number of carbonyl (C=O) groups is 1. The largest absolute Gasteiger partial charge is 0.490 e. The molecule has 0 saturated carbocycles. The first kappa shape index (κ1) is 16.9. The molecule has 0 fully saturated rings. The highest BCUT2D eigenvalue weighted by Gasteiger charge is 2.17. The predicted octanol–water partition coefficient (Wildman–Crippen LogP) is 1.99. The maximum atomic E-state index is 11.4. The number of rotatable bonds is 8. The summed E-state index contributed by atoms with van der Waals surface area (Å²) in [6.07, 6.45) is 0.870. The van der Waals surface area contributed by atoms with Crippen LogP contribution < -0.4 is 4.74 Å². The fourth-order valence-electron chi connectivity index (χ4n) is 2.01. The zero-order valence-corrected chi connectivity index (χ0v) is 12.5. The first-order valence-corrected chi connectivity index (χ1v) is 6.62. The van der Waals surface area contributed by atoms with Crippen molar-refractivity contribution in [3.8, 4) is 5.75 Å². The van der Waals surface area contributed by atoms with Gasteiger partial charge in [0.15, 0.2) is 5.75 Å². The van der Waals surface area contributed by atoms with Gasteiger partial charge in [-0.3, -0.25) is 19.8 Å². The Kier molecular flexibility index (Phi) is 6.61. The summed E-state index contributed by atoms with van der Waals surface area (Å²) in [5.41, 5.74) is 0.671. The van der Waals surface area contributed by atoms with E-state index in [0.717, 1.165) is 12.0 Å². The Morgan fingerprint density at radius 1 is 1.38 bits per heavy atom. The quantitative estimate of drug-likeness (QED) is 0.414. The maximum Gasteiger partial charge on any atom is 0.319 e. The molecular formula is C14H20N2O5. The molecule has 1 aromatic rings. The van der Waals surface area contributed by atoms with Crippen molar-refractivity contribution in [2.45, 2.75) is 19.9 Å². The lowest BCUT2D eigenvalue weighted by atomic mass is 10.1. The van der Waals surface area contributed by atoms with Crippen molar-refractivity contribution in [1.29, 1.82) is 0 Å². The second-order valence-corrected chi connectivity index (χ2v) is 4.55. The van der Waals surface area contributed by atoms with Crippen molar-refractivity contribution in [2.24, 2.45) is 0 Å². The second kappa shape index (κ2) is 8.21. The lowest BCUT2D eigenvalue weighted by Crippen LogP contribution is -2.30. The number of carbonyl (C=O) groups excluding carboxylic acids is 1. The minimum Gasteiger partial charge on any atom is -0.490 e. The molecule has 0 radical (unpaired) electrons. The Labute approximate surface area is 123 Å². The van der Waals surface area contributed by atoms with E-state index in [1.807, 2.05) is 11.8 Å². The van der Waals surface area contributed by atoms with Crippen LogP contribution in [0.5, 0.6) is 5.75 Å². The summed E-state index contributed by atoms with van der Waals surface area (Å²) in [6.45, 7) is 3.30. The summed E-state index contributed by atoms with van der Waals surface area (Å²) < 4.78 is 9.62. The fourth-order valence-corrected chi connectivity index (χ4v) is 2.01. The Morgan fingerprint density at radius 3 is 2.62 bits per heavy atom. The lowest BCUT2D eigenvalue weighted by Gasteiger charge is -2.20. The zero-order valence-electron chi connectivity index (χ0n) is 12.5. The third kappa shape index (κ3) is 5.03. The van der Waals surface area contributed by atoms with Crippen molar-refractivity contribution < 1.29 is 19.2 Å². The van der Waals surface area contributed by atoms with Gasteiger partial charge in [0.1, 0.15) is 0 Å². The van der Waals surface area contributed by atoms with Crippen LogP contribution in [0.15, 0.2) is 18.2 Å². The van der Waals surface area contributed by atoms with Crippen molar-refractivity contribution in [3.05, 3.63) is 33.9 Å². The van der Waals surface area contributed by atoms with Crippen LogP contribution in [0, 0.1) is 10.1 Å². The molecule has 1 rings (SSSR count). The van der Waals surface area contributed by atoms with Gasteiger partial charge in [0.2, 0.25) is 0 Å². The fraction of sp³-hybridized carbons (Fsp3) is 0.500. The Balaban J connectivity index is 2.90. The molecule has 0 heterocycles. The number of methoxy groups -OCH3 is 2. The van der Waals surface area contributed by atoms with Gasteiger partial charge < -0.3 is 9.47 Å². The van der Waals surface area contributed by atoms with E-state index < -0.39 is 4.92 Å². The molecule has 0 N–H and O–H groups in total. The summed E-state index contributed by atoms with van der Waals surface area (Å²) in [5, 5.41) is 11.0. The molecule has 0 saturated heterocycles. The second-order valence-electron chi connectivity index (χ2n) is 4.55. The van der Waals surface area contributed by atoms with Crippen LogP contribution in [0.3, 0.4) is 0 Å². The third-order valence-corrected chi connectivity index (χ3v) is 2.97. The molecule has 7 nitrogen and oxygen atoms in total. The van der Waals surface area contributed by atoms with Crippen LogP contribution in [-0.2, 0) is 16.1 Å². The van der Waals surface area contributed by atoms with Gasteiger partial charge in [0.25, 0.3) is 0 Å². The number of nitro groups is 1. The zero-order chi connectivity index (χ0) is 15.8. The Bertz CT molecular complexity index is 504. The maximum absolute atomic E-state index is 11.4. The normalized spacial score (nSPS) is 10.5. The van der Waals surface area contributed by atoms with E-state index in [2.05, 4.69) is 4.74 Å². The van der Waals surface area contributed by atoms with Crippen LogP contribution >= 0.6 is 0 Å². The molecular weight excluding hydrogens is 276 g/mol. The third-order valence-electron chi connectivity index (χ3n) is 2.97. The summed E-state index contributed by atoms with van der Waals surface area (Å²) >= 11 is 0. The topological polar surface area (TPSA) is 81.9 Å². The standard InChI is InChI=1S/C14H20N2O5/c1-4-7-15(10-14(17)21-3)9-11-5-6-13(20-2)12(8-11)16(18)19/h5-6,8H,4,7,9-10H2,1-3H3. The van der Waals surface area contributed by atoms with Gasteiger partial charge in [-0.2, -0.15) is 0 Å². The van der Waals surface area contributed by atoms with Gasteiger partial charge in [0.05, 0.1) is 25.7 Å². The van der Waals surface area contributed by atoms with E-state index in [-0.39, 0.29) is 24.0 Å². The predicted molar refractivity (Wildman–Crippen MR) is 77.2 cm³/mol. The van der Waals surface area contributed by atoms with Crippen LogP contribution in [0.4, 0.5) is 5.69 Å². The van der Waals surface area contributed by atoms with Crippen LogP contribution in [-0.4, -0.2) is 43.1 Å². The van der Waals surface area contributed by atoms with Gasteiger partial charge in [-0.05, 0) is 24.6 Å². The van der Waals surface area contributed by atoms with E-state index in [1.165, 1.54) is 20.3 Å². The summed E-state index contributed by atoms with van der Waals surface area (Å²) in [6, 6.07) is 4.79. The number of nitrogens with zero attached hydrogens (tertiary/aromatic N) is 2. The van der Waals surface area contributed by atoms with Gasteiger partial charge >= 0.3 is 11.7 Å². The average Bonchev–Trinajstić information content (AvgIpc) is 2.47. The minimum absolute atomic E-state index is 0.0792. The highest BCUT2D eigenvalue weighted by molar-refractivity contribution is 5.71. The summed E-state index contributed by atoms with van der Waals surface area (Å²) in [7, 11) is 2.73. The van der Waals surface area contributed by atoms with Crippen LogP contribution in [0.2, 0.25) is 0 Å². The van der Waals surface area contributed by atoms with Crippen molar-refractivity contribution in [2.75, 3.05) is 27.3 Å². The molecule has 0 aromatic heterocycles.